The van der Waals surface area contributed by atoms with Crippen molar-refractivity contribution in [3.63, 3.8) is 0 Å². The Bertz CT molecular complexity index is 294. The van der Waals surface area contributed by atoms with Crippen LogP contribution in [0.4, 0.5) is 0 Å². The fourth-order valence-corrected chi connectivity index (χ4v) is 4.48. The normalized spacial score (nSPS) is 12.5. The molecule has 182 valence electrons. The Kier molecular flexibility index (Phi) is 26.9. The first kappa shape index (κ1) is 29.9. The minimum Gasteiger partial charge on any atom is -0.396 e. The molecule has 0 aliphatic rings. The highest BCUT2D eigenvalue weighted by Gasteiger charge is 2.04. The summed E-state index contributed by atoms with van der Waals surface area (Å²) in [5.41, 5.74) is 0. The number of rotatable bonds is 26. The predicted molar refractivity (Wildman–Crippen MR) is 136 cm³/mol. The lowest BCUT2D eigenvalue weighted by Gasteiger charge is -2.16. The van der Waals surface area contributed by atoms with Crippen LogP contribution in [0.3, 0.4) is 0 Å². The standard InChI is InChI=1S/C28H59NO/c1-3-5-6-7-8-9-10-11-12-13-14-15-16-17-18-19-20-21-22-23-25-28(4-2)29-26-24-27-30/h28-30H,3-27H2,1-2H3. The third kappa shape index (κ3) is 24.2. The molecule has 2 heteroatoms. The van der Waals surface area contributed by atoms with Gasteiger partial charge in [-0.2, -0.15) is 0 Å². The largest absolute Gasteiger partial charge is 0.396 e. The molecule has 0 aromatic rings. The van der Waals surface area contributed by atoms with E-state index in [0.717, 1.165) is 13.0 Å². The van der Waals surface area contributed by atoms with E-state index < -0.39 is 0 Å². The van der Waals surface area contributed by atoms with Crippen LogP contribution in [-0.4, -0.2) is 24.3 Å². The summed E-state index contributed by atoms with van der Waals surface area (Å²) in [5.74, 6) is 0. The lowest BCUT2D eigenvalue weighted by molar-refractivity contribution is 0.281. The van der Waals surface area contributed by atoms with Crippen molar-refractivity contribution < 1.29 is 5.11 Å². The van der Waals surface area contributed by atoms with Crippen molar-refractivity contribution in [1.29, 1.82) is 0 Å². The molecule has 0 heterocycles. The molecule has 1 atom stereocenters. The zero-order valence-corrected chi connectivity index (χ0v) is 21.2. The second-order valence-electron chi connectivity index (χ2n) is 9.64. The van der Waals surface area contributed by atoms with Gasteiger partial charge in [0.2, 0.25) is 0 Å². The second-order valence-corrected chi connectivity index (χ2v) is 9.64. The summed E-state index contributed by atoms with van der Waals surface area (Å²) in [6.07, 6.45) is 32.4. The molecule has 0 rings (SSSR count). The monoisotopic (exact) mass is 425 g/mol. The molecule has 2 N–H and O–H groups in total. The summed E-state index contributed by atoms with van der Waals surface area (Å²) in [4.78, 5) is 0. The first-order chi connectivity index (χ1) is 14.8. The zero-order valence-electron chi connectivity index (χ0n) is 21.2. The zero-order chi connectivity index (χ0) is 22.0. The average Bonchev–Trinajstić information content (AvgIpc) is 2.76. The minimum absolute atomic E-state index is 0.308. The van der Waals surface area contributed by atoms with Crippen LogP contribution in [0.2, 0.25) is 0 Å². The van der Waals surface area contributed by atoms with Crippen LogP contribution in [0.25, 0.3) is 0 Å². The summed E-state index contributed by atoms with van der Waals surface area (Å²) >= 11 is 0. The number of unbranched alkanes of at least 4 members (excludes halogenated alkanes) is 19. The number of aliphatic hydroxyl groups is 1. The Balaban J connectivity index is 3.12. The maximum atomic E-state index is 8.86. The number of aliphatic hydroxyl groups excluding tert-OH is 1. The fraction of sp³-hybridized carbons (Fsp3) is 1.00. The Morgan fingerprint density at radius 2 is 0.867 bits per heavy atom. The van der Waals surface area contributed by atoms with E-state index in [9.17, 15) is 0 Å². The number of hydrogen-bond donors (Lipinski definition) is 2. The van der Waals surface area contributed by atoms with Gasteiger partial charge in [-0.05, 0) is 25.8 Å². The SMILES string of the molecule is CCCCCCCCCCCCCCCCCCCCCCC(CC)NCCCO. The lowest BCUT2D eigenvalue weighted by atomic mass is 10.0. The Morgan fingerprint density at radius 1 is 0.500 bits per heavy atom. The molecule has 2 nitrogen and oxygen atoms in total. The van der Waals surface area contributed by atoms with E-state index in [-0.39, 0.29) is 0 Å². The molecule has 0 aromatic heterocycles. The van der Waals surface area contributed by atoms with Gasteiger partial charge in [0, 0.05) is 12.6 Å². The van der Waals surface area contributed by atoms with Crippen molar-refractivity contribution >= 4 is 0 Å². The van der Waals surface area contributed by atoms with Gasteiger partial charge < -0.3 is 10.4 Å². The van der Waals surface area contributed by atoms with Gasteiger partial charge in [0.15, 0.2) is 0 Å². The maximum absolute atomic E-state index is 8.86. The molecule has 0 fully saturated rings. The Morgan fingerprint density at radius 3 is 1.20 bits per heavy atom. The number of nitrogens with one attached hydrogen (secondary N) is 1. The van der Waals surface area contributed by atoms with Crippen molar-refractivity contribution in [1.82, 2.24) is 5.32 Å². The summed E-state index contributed by atoms with van der Waals surface area (Å²) in [5, 5.41) is 12.4. The first-order valence-corrected chi connectivity index (χ1v) is 14.2. The van der Waals surface area contributed by atoms with Crippen LogP contribution in [0, 0.1) is 0 Å². The van der Waals surface area contributed by atoms with Crippen molar-refractivity contribution in [2.24, 2.45) is 0 Å². The second kappa shape index (κ2) is 27.0. The quantitative estimate of drug-likeness (QED) is 0.135. The van der Waals surface area contributed by atoms with Crippen molar-refractivity contribution in [2.75, 3.05) is 13.2 Å². The van der Waals surface area contributed by atoms with Gasteiger partial charge in [0.1, 0.15) is 0 Å². The van der Waals surface area contributed by atoms with Crippen molar-refractivity contribution in [3.05, 3.63) is 0 Å². The molecule has 30 heavy (non-hydrogen) atoms. The van der Waals surface area contributed by atoms with E-state index in [0.29, 0.717) is 12.6 Å². The number of hydrogen-bond acceptors (Lipinski definition) is 2. The van der Waals surface area contributed by atoms with Crippen molar-refractivity contribution in [2.45, 2.75) is 168 Å². The molecule has 0 saturated heterocycles. The molecule has 0 spiro atoms. The highest BCUT2D eigenvalue weighted by atomic mass is 16.3. The molecule has 0 aliphatic heterocycles. The van der Waals surface area contributed by atoms with Gasteiger partial charge >= 0.3 is 0 Å². The van der Waals surface area contributed by atoms with E-state index in [2.05, 4.69) is 19.2 Å². The van der Waals surface area contributed by atoms with Crippen molar-refractivity contribution in [3.8, 4) is 0 Å². The summed E-state index contributed by atoms with van der Waals surface area (Å²) in [6, 6.07) is 0.659. The van der Waals surface area contributed by atoms with Crippen LogP contribution in [-0.2, 0) is 0 Å². The van der Waals surface area contributed by atoms with E-state index >= 15 is 0 Å². The van der Waals surface area contributed by atoms with E-state index in [1.165, 1.54) is 141 Å². The lowest BCUT2D eigenvalue weighted by Crippen LogP contribution is -2.29. The first-order valence-electron chi connectivity index (χ1n) is 14.2. The molecule has 1 unspecified atom stereocenters. The molecule has 0 radical (unpaired) electrons. The summed E-state index contributed by atoms with van der Waals surface area (Å²) < 4.78 is 0. The topological polar surface area (TPSA) is 32.3 Å². The van der Waals surface area contributed by atoms with E-state index in [1.807, 2.05) is 0 Å². The molecular formula is C28H59NO. The van der Waals surface area contributed by atoms with Gasteiger partial charge in [0.25, 0.3) is 0 Å². The van der Waals surface area contributed by atoms with Crippen LogP contribution < -0.4 is 5.32 Å². The van der Waals surface area contributed by atoms with E-state index in [1.54, 1.807) is 0 Å². The van der Waals surface area contributed by atoms with Gasteiger partial charge in [0.05, 0.1) is 0 Å². The molecular weight excluding hydrogens is 366 g/mol. The third-order valence-corrected chi connectivity index (χ3v) is 6.67. The summed E-state index contributed by atoms with van der Waals surface area (Å²) in [6.45, 7) is 5.84. The molecule has 0 aliphatic carbocycles. The molecule has 0 aromatic carbocycles. The fourth-order valence-electron chi connectivity index (χ4n) is 4.48. The van der Waals surface area contributed by atoms with E-state index in [4.69, 9.17) is 5.11 Å². The van der Waals surface area contributed by atoms with Gasteiger partial charge in [-0.3, -0.25) is 0 Å². The summed E-state index contributed by atoms with van der Waals surface area (Å²) in [7, 11) is 0. The van der Waals surface area contributed by atoms with Gasteiger partial charge in [-0.25, -0.2) is 0 Å². The predicted octanol–water partition coefficient (Wildman–Crippen LogP) is 8.95. The van der Waals surface area contributed by atoms with Crippen LogP contribution in [0.5, 0.6) is 0 Å². The molecule has 0 amide bonds. The van der Waals surface area contributed by atoms with Crippen LogP contribution >= 0.6 is 0 Å². The Labute approximate surface area is 191 Å². The third-order valence-electron chi connectivity index (χ3n) is 6.67. The highest BCUT2D eigenvalue weighted by Crippen LogP contribution is 2.15. The van der Waals surface area contributed by atoms with Crippen LogP contribution in [0.1, 0.15) is 162 Å². The maximum Gasteiger partial charge on any atom is 0.0443 e. The highest BCUT2D eigenvalue weighted by molar-refractivity contribution is 4.64. The smallest absolute Gasteiger partial charge is 0.0443 e. The molecule has 0 saturated carbocycles. The van der Waals surface area contributed by atoms with Gasteiger partial charge in [-0.1, -0.05) is 142 Å². The molecule has 0 bridgehead atoms. The van der Waals surface area contributed by atoms with Gasteiger partial charge in [-0.15, -0.1) is 0 Å². The van der Waals surface area contributed by atoms with Crippen LogP contribution in [0.15, 0.2) is 0 Å². The average molecular weight is 426 g/mol. The Hall–Kier alpha value is -0.0800. The minimum atomic E-state index is 0.308.